The van der Waals surface area contributed by atoms with Crippen molar-refractivity contribution >= 4 is 50.7 Å². The summed E-state index contributed by atoms with van der Waals surface area (Å²) in [7, 11) is -2.17. The standard InChI is InChI=1S/C26H35Cl2N3O5S/c1-5-15-29-26(33)23(6-2)30(18-19-10-7-8-11-21(19)27)25(32)12-9-16-31(37(4,34)35)20-13-14-24(36-3)22(28)17-20/h7-8,10-11,13-14,17,23H,5-6,9,12,15-16,18H2,1-4H3,(H,29,33). The molecule has 0 heterocycles. The van der Waals surface area contributed by atoms with Gasteiger partial charge in [0.25, 0.3) is 0 Å². The minimum Gasteiger partial charge on any atom is -0.495 e. The van der Waals surface area contributed by atoms with Gasteiger partial charge in [-0.15, -0.1) is 0 Å². The van der Waals surface area contributed by atoms with Crippen molar-refractivity contribution in [3.8, 4) is 5.75 Å². The molecule has 2 aromatic rings. The summed E-state index contributed by atoms with van der Waals surface area (Å²) in [5, 5.41) is 3.65. The van der Waals surface area contributed by atoms with Gasteiger partial charge in [-0.3, -0.25) is 13.9 Å². The second kappa shape index (κ2) is 14.4. The van der Waals surface area contributed by atoms with Gasteiger partial charge in [0.1, 0.15) is 11.8 Å². The van der Waals surface area contributed by atoms with E-state index in [0.29, 0.717) is 29.4 Å². The number of carbonyl (C=O) groups is 2. The zero-order valence-corrected chi connectivity index (χ0v) is 24.0. The van der Waals surface area contributed by atoms with Crippen molar-refractivity contribution in [3.05, 3.63) is 58.1 Å². The lowest BCUT2D eigenvalue weighted by molar-refractivity contribution is -0.141. The summed E-state index contributed by atoms with van der Waals surface area (Å²) in [6, 6.07) is 11.2. The van der Waals surface area contributed by atoms with Gasteiger partial charge in [-0.1, -0.05) is 55.2 Å². The van der Waals surface area contributed by atoms with Crippen LogP contribution in [0.25, 0.3) is 0 Å². The number of nitrogens with zero attached hydrogens (tertiary/aromatic N) is 2. The van der Waals surface area contributed by atoms with Crippen LogP contribution in [0.3, 0.4) is 0 Å². The highest BCUT2D eigenvalue weighted by atomic mass is 35.5. The van der Waals surface area contributed by atoms with Crippen LogP contribution < -0.4 is 14.4 Å². The average Bonchev–Trinajstić information content (AvgIpc) is 2.85. The van der Waals surface area contributed by atoms with Crippen LogP contribution in [-0.2, 0) is 26.2 Å². The first-order valence-corrected chi connectivity index (χ1v) is 14.8. The number of carbonyl (C=O) groups excluding carboxylic acids is 2. The summed E-state index contributed by atoms with van der Waals surface area (Å²) < 4.78 is 31.4. The molecular formula is C26H35Cl2N3O5S. The molecule has 0 aliphatic carbocycles. The Balaban J connectivity index is 2.23. The number of hydrogen-bond donors (Lipinski definition) is 1. The molecule has 0 saturated carbocycles. The summed E-state index contributed by atoms with van der Waals surface area (Å²) in [4.78, 5) is 27.9. The van der Waals surface area contributed by atoms with E-state index in [-0.39, 0.29) is 42.8 Å². The van der Waals surface area contributed by atoms with Gasteiger partial charge >= 0.3 is 0 Å². The second-order valence-electron chi connectivity index (χ2n) is 8.59. The van der Waals surface area contributed by atoms with Crippen molar-refractivity contribution in [1.29, 1.82) is 0 Å². The number of amides is 2. The first kappa shape index (κ1) is 30.7. The molecule has 0 aliphatic heterocycles. The Kier molecular flexibility index (Phi) is 12.0. The van der Waals surface area contributed by atoms with Gasteiger partial charge in [0.15, 0.2) is 0 Å². The van der Waals surface area contributed by atoms with E-state index in [9.17, 15) is 18.0 Å². The lowest BCUT2D eigenvalue weighted by atomic mass is 10.1. The number of rotatable bonds is 14. The van der Waals surface area contributed by atoms with Gasteiger partial charge in [0.2, 0.25) is 21.8 Å². The normalized spacial score (nSPS) is 12.1. The first-order chi connectivity index (χ1) is 17.5. The third-order valence-electron chi connectivity index (χ3n) is 5.81. The third-order valence-corrected chi connectivity index (χ3v) is 7.67. The quantitative estimate of drug-likeness (QED) is 0.348. The van der Waals surface area contributed by atoms with E-state index in [0.717, 1.165) is 18.2 Å². The SMILES string of the molecule is CCCNC(=O)C(CC)N(Cc1ccccc1Cl)C(=O)CCCN(c1ccc(OC)c(Cl)c1)S(C)(=O)=O. The third kappa shape index (κ3) is 8.79. The van der Waals surface area contributed by atoms with Gasteiger partial charge in [-0.05, 0) is 49.1 Å². The zero-order valence-electron chi connectivity index (χ0n) is 21.7. The highest BCUT2D eigenvalue weighted by Gasteiger charge is 2.29. The second-order valence-corrected chi connectivity index (χ2v) is 11.3. The maximum absolute atomic E-state index is 13.4. The minimum absolute atomic E-state index is 0.0396. The number of sulfonamides is 1. The van der Waals surface area contributed by atoms with Gasteiger partial charge < -0.3 is 15.0 Å². The molecule has 2 aromatic carbocycles. The van der Waals surface area contributed by atoms with Crippen LogP contribution in [0, 0.1) is 0 Å². The number of halogens is 2. The molecule has 0 aromatic heterocycles. The van der Waals surface area contributed by atoms with Gasteiger partial charge in [0.05, 0.1) is 24.1 Å². The monoisotopic (exact) mass is 571 g/mol. The van der Waals surface area contributed by atoms with Gasteiger partial charge in [-0.2, -0.15) is 0 Å². The molecule has 1 atom stereocenters. The van der Waals surface area contributed by atoms with E-state index in [1.54, 1.807) is 24.3 Å². The Bertz CT molecular complexity index is 1180. The highest BCUT2D eigenvalue weighted by Crippen LogP contribution is 2.30. The van der Waals surface area contributed by atoms with Crippen LogP contribution in [0.1, 0.15) is 45.1 Å². The lowest BCUT2D eigenvalue weighted by Gasteiger charge is -2.31. The molecule has 0 saturated heterocycles. The van der Waals surface area contributed by atoms with E-state index >= 15 is 0 Å². The van der Waals surface area contributed by atoms with Crippen molar-refractivity contribution in [2.75, 3.05) is 30.8 Å². The molecule has 0 spiro atoms. The summed E-state index contributed by atoms with van der Waals surface area (Å²) >= 11 is 12.6. The maximum Gasteiger partial charge on any atom is 0.242 e. The molecule has 2 rings (SSSR count). The number of nitrogens with one attached hydrogen (secondary N) is 1. The van der Waals surface area contributed by atoms with Crippen molar-refractivity contribution in [3.63, 3.8) is 0 Å². The maximum atomic E-state index is 13.4. The Morgan fingerprint density at radius 2 is 1.78 bits per heavy atom. The van der Waals surface area contributed by atoms with Crippen LogP contribution in [0.4, 0.5) is 5.69 Å². The Labute approximate surface area is 229 Å². The summed E-state index contributed by atoms with van der Waals surface area (Å²) in [5.74, 6) is -0.0637. The fourth-order valence-electron chi connectivity index (χ4n) is 3.91. The largest absolute Gasteiger partial charge is 0.495 e. The van der Waals surface area contributed by atoms with Crippen LogP contribution in [0.15, 0.2) is 42.5 Å². The predicted molar refractivity (Wildman–Crippen MR) is 149 cm³/mol. The molecule has 8 nitrogen and oxygen atoms in total. The summed E-state index contributed by atoms with van der Waals surface area (Å²) in [6.45, 7) is 4.54. The van der Waals surface area contributed by atoms with Crippen LogP contribution in [-0.4, -0.2) is 57.6 Å². The van der Waals surface area contributed by atoms with E-state index < -0.39 is 16.1 Å². The molecular weight excluding hydrogens is 537 g/mol. The van der Waals surface area contributed by atoms with Crippen molar-refractivity contribution < 1.29 is 22.7 Å². The first-order valence-electron chi connectivity index (χ1n) is 12.1. The Morgan fingerprint density at radius 3 is 2.35 bits per heavy atom. The molecule has 1 N–H and O–H groups in total. The van der Waals surface area contributed by atoms with Crippen LogP contribution >= 0.6 is 23.2 Å². The fraction of sp³-hybridized carbons (Fsp3) is 0.462. The van der Waals surface area contributed by atoms with Crippen LogP contribution in [0.2, 0.25) is 10.0 Å². The summed E-state index contributed by atoms with van der Waals surface area (Å²) in [5.41, 5.74) is 1.10. The summed E-state index contributed by atoms with van der Waals surface area (Å²) in [6.07, 6.45) is 2.57. The molecule has 1 unspecified atom stereocenters. The molecule has 37 heavy (non-hydrogen) atoms. The fourth-order valence-corrected chi connectivity index (χ4v) is 5.31. The molecule has 0 bridgehead atoms. The highest BCUT2D eigenvalue weighted by molar-refractivity contribution is 7.92. The number of benzene rings is 2. The van der Waals surface area contributed by atoms with E-state index in [1.807, 2.05) is 26.0 Å². The average molecular weight is 573 g/mol. The minimum atomic E-state index is -3.64. The van der Waals surface area contributed by atoms with E-state index in [1.165, 1.54) is 22.4 Å². The topological polar surface area (TPSA) is 96.0 Å². The Hall–Kier alpha value is -2.49. The van der Waals surface area contributed by atoms with E-state index in [4.69, 9.17) is 27.9 Å². The molecule has 11 heteroatoms. The molecule has 0 aliphatic rings. The molecule has 2 amide bonds. The smallest absolute Gasteiger partial charge is 0.242 e. The Morgan fingerprint density at radius 1 is 1.08 bits per heavy atom. The van der Waals surface area contributed by atoms with Crippen molar-refractivity contribution in [1.82, 2.24) is 10.2 Å². The number of hydrogen-bond acceptors (Lipinski definition) is 5. The number of anilines is 1. The molecule has 204 valence electrons. The van der Waals surface area contributed by atoms with Crippen molar-refractivity contribution in [2.45, 2.75) is 52.1 Å². The predicted octanol–water partition coefficient (Wildman–Crippen LogP) is 4.88. The number of ether oxygens (including phenoxy) is 1. The van der Waals surface area contributed by atoms with E-state index in [2.05, 4.69) is 5.32 Å². The van der Waals surface area contributed by atoms with Crippen LogP contribution in [0.5, 0.6) is 5.75 Å². The molecule has 0 fully saturated rings. The number of methoxy groups -OCH3 is 1. The van der Waals surface area contributed by atoms with Crippen molar-refractivity contribution in [2.24, 2.45) is 0 Å². The molecule has 0 radical (unpaired) electrons. The zero-order chi connectivity index (χ0) is 27.6. The van der Waals surface area contributed by atoms with Gasteiger partial charge in [0, 0.05) is 31.1 Å². The lowest BCUT2D eigenvalue weighted by Crippen LogP contribution is -2.49. The van der Waals surface area contributed by atoms with Gasteiger partial charge in [-0.25, -0.2) is 8.42 Å².